The van der Waals surface area contributed by atoms with Crippen LogP contribution in [-0.4, -0.2) is 18.4 Å². The molecule has 0 bridgehead atoms. The second kappa shape index (κ2) is 6.94. The number of amides is 2. The average molecular weight is 378 g/mol. The Kier molecular flexibility index (Phi) is 4.88. The highest BCUT2D eigenvalue weighted by Crippen LogP contribution is 2.32. The second-order valence-electron chi connectivity index (χ2n) is 5.80. The van der Waals surface area contributed by atoms with Crippen molar-refractivity contribution in [3.63, 3.8) is 0 Å². The zero-order valence-electron chi connectivity index (χ0n) is 13.6. The van der Waals surface area contributed by atoms with E-state index in [4.69, 9.17) is 28.9 Å². The van der Waals surface area contributed by atoms with Gasteiger partial charge in [0.2, 0.25) is 5.91 Å². The standard InChI is InChI=1S/C18H17Cl2N3O2/c1-2-16(24)23-6-5-10-7-11(3-4-15(10)23)18(25)22-12-8-13(19)17(21)14(20)9-12/h3-4,7-9H,2,5-6,21H2,1H3,(H,22,25). The maximum absolute atomic E-state index is 12.5. The zero-order chi connectivity index (χ0) is 18.1. The Morgan fingerprint density at radius 3 is 2.52 bits per heavy atom. The molecule has 130 valence electrons. The number of hydrogen-bond donors (Lipinski definition) is 2. The molecule has 0 radical (unpaired) electrons. The molecule has 1 heterocycles. The third-order valence-corrected chi connectivity index (χ3v) is 4.80. The van der Waals surface area contributed by atoms with Crippen LogP contribution >= 0.6 is 23.2 Å². The summed E-state index contributed by atoms with van der Waals surface area (Å²) in [5, 5.41) is 3.33. The molecule has 0 aromatic heterocycles. The lowest BCUT2D eigenvalue weighted by atomic mass is 10.1. The molecule has 25 heavy (non-hydrogen) atoms. The molecule has 5 nitrogen and oxygen atoms in total. The van der Waals surface area contributed by atoms with Crippen LogP contribution in [0.1, 0.15) is 29.3 Å². The Labute approximate surface area is 155 Å². The summed E-state index contributed by atoms with van der Waals surface area (Å²) < 4.78 is 0. The van der Waals surface area contributed by atoms with Crippen molar-refractivity contribution in [2.45, 2.75) is 19.8 Å². The van der Waals surface area contributed by atoms with Gasteiger partial charge in [-0.25, -0.2) is 0 Å². The molecule has 3 N–H and O–H groups in total. The van der Waals surface area contributed by atoms with Gasteiger partial charge >= 0.3 is 0 Å². The van der Waals surface area contributed by atoms with Crippen molar-refractivity contribution in [2.75, 3.05) is 22.5 Å². The van der Waals surface area contributed by atoms with Gasteiger partial charge in [-0.1, -0.05) is 30.1 Å². The number of nitrogen functional groups attached to an aromatic ring is 1. The Hall–Kier alpha value is -2.24. The molecular weight excluding hydrogens is 361 g/mol. The summed E-state index contributed by atoms with van der Waals surface area (Å²) in [6, 6.07) is 8.43. The molecule has 7 heteroatoms. The number of benzene rings is 2. The van der Waals surface area contributed by atoms with E-state index in [1.165, 1.54) is 0 Å². The van der Waals surface area contributed by atoms with Crippen LogP contribution in [0.5, 0.6) is 0 Å². The first kappa shape index (κ1) is 17.6. The van der Waals surface area contributed by atoms with E-state index < -0.39 is 0 Å². The predicted octanol–water partition coefficient (Wildman–Crippen LogP) is 4.13. The molecule has 0 saturated carbocycles. The van der Waals surface area contributed by atoms with Crippen LogP contribution in [0.25, 0.3) is 0 Å². The first-order valence-electron chi connectivity index (χ1n) is 7.90. The van der Waals surface area contributed by atoms with Crippen molar-refractivity contribution in [3.8, 4) is 0 Å². The largest absolute Gasteiger partial charge is 0.396 e. The van der Waals surface area contributed by atoms with Crippen molar-refractivity contribution >= 4 is 52.1 Å². The first-order chi connectivity index (χ1) is 11.9. The number of rotatable bonds is 3. The fraction of sp³-hybridized carbons (Fsp3) is 0.222. The van der Waals surface area contributed by atoms with Gasteiger partial charge in [0.1, 0.15) is 0 Å². The van der Waals surface area contributed by atoms with Gasteiger partial charge in [0, 0.05) is 29.9 Å². The van der Waals surface area contributed by atoms with Crippen molar-refractivity contribution in [3.05, 3.63) is 51.5 Å². The zero-order valence-corrected chi connectivity index (χ0v) is 15.1. The van der Waals surface area contributed by atoms with Gasteiger partial charge in [0.15, 0.2) is 0 Å². The molecule has 0 unspecified atom stereocenters. The molecule has 0 aliphatic carbocycles. The molecule has 1 aliphatic rings. The van der Waals surface area contributed by atoms with E-state index in [0.29, 0.717) is 24.2 Å². The molecule has 0 atom stereocenters. The summed E-state index contributed by atoms with van der Waals surface area (Å²) in [5.41, 5.74) is 8.82. The Balaban J connectivity index is 1.81. The third-order valence-electron chi connectivity index (χ3n) is 4.18. The monoisotopic (exact) mass is 377 g/mol. The smallest absolute Gasteiger partial charge is 0.255 e. The van der Waals surface area contributed by atoms with Crippen molar-refractivity contribution in [1.29, 1.82) is 0 Å². The molecule has 0 fully saturated rings. The summed E-state index contributed by atoms with van der Waals surface area (Å²) >= 11 is 12.0. The molecule has 3 rings (SSSR count). The van der Waals surface area contributed by atoms with Crippen molar-refractivity contribution in [2.24, 2.45) is 0 Å². The molecule has 0 saturated heterocycles. The van der Waals surface area contributed by atoms with Gasteiger partial charge in [-0.05, 0) is 42.3 Å². The van der Waals surface area contributed by atoms with E-state index in [2.05, 4.69) is 5.32 Å². The number of fused-ring (bicyclic) bond motifs is 1. The lowest BCUT2D eigenvalue weighted by molar-refractivity contribution is -0.118. The quantitative estimate of drug-likeness (QED) is 0.789. The molecule has 0 spiro atoms. The minimum atomic E-state index is -0.278. The van der Waals surface area contributed by atoms with E-state index in [1.807, 2.05) is 19.1 Å². The highest BCUT2D eigenvalue weighted by molar-refractivity contribution is 6.39. The predicted molar refractivity (Wildman–Crippen MR) is 102 cm³/mol. The van der Waals surface area contributed by atoms with Crippen molar-refractivity contribution < 1.29 is 9.59 Å². The van der Waals surface area contributed by atoms with Crippen LogP contribution in [0.2, 0.25) is 10.0 Å². The number of nitrogens with one attached hydrogen (secondary N) is 1. The van der Waals surface area contributed by atoms with Crippen LogP contribution < -0.4 is 16.0 Å². The summed E-state index contributed by atoms with van der Waals surface area (Å²) in [7, 11) is 0. The average Bonchev–Trinajstić information content (AvgIpc) is 3.02. The van der Waals surface area contributed by atoms with E-state index in [0.717, 1.165) is 17.7 Å². The van der Waals surface area contributed by atoms with Gasteiger partial charge in [-0.15, -0.1) is 0 Å². The first-order valence-corrected chi connectivity index (χ1v) is 8.65. The highest BCUT2D eigenvalue weighted by atomic mass is 35.5. The molecule has 2 aromatic rings. The molecule has 2 amide bonds. The van der Waals surface area contributed by atoms with Crippen LogP contribution in [-0.2, 0) is 11.2 Å². The summed E-state index contributed by atoms with van der Waals surface area (Å²) in [6.07, 6.45) is 1.20. The van der Waals surface area contributed by atoms with E-state index in [1.54, 1.807) is 23.1 Å². The van der Waals surface area contributed by atoms with Gasteiger partial charge in [-0.3, -0.25) is 9.59 Å². The molecule has 1 aliphatic heterocycles. The van der Waals surface area contributed by atoms with E-state index >= 15 is 0 Å². The van der Waals surface area contributed by atoms with E-state index in [-0.39, 0.29) is 27.5 Å². The van der Waals surface area contributed by atoms with Gasteiger partial charge in [0.05, 0.1) is 15.7 Å². The van der Waals surface area contributed by atoms with Crippen LogP contribution in [0.15, 0.2) is 30.3 Å². The fourth-order valence-corrected chi connectivity index (χ4v) is 3.34. The number of carbonyl (C=O) groups is 2. The van der Waals surface area contributed by atoms with Crippen LogP contribution in [0.4, 0.5) is 17.1 Å². The number of nitrogens with two attached hydrogens (primary N) is 1. The van der Waals surface area contributed by atoms with Crippen LogP contribution in [0, 0.1) is 0 Å². The lowest BCUT2D eigenvalue weighted by Crippen LogP contribution is -2.27. The number of anilines is 3. The fourth-order valence-electron chi connectivity index (χ4n) is 2.85. The maximum Gasteiger partial charge on any atom is 0.255 e. The van der Waals surface area contributed by atoms with Gasteiger partial charge < -0.3 is 16.0 Å². The Bertz CT molecular complexity index is 844. The molecule has 2 aromatic carbocycles. The van der Waals surface area contributed by atoms with Gasteiger partial charge in [-0.2, -0.15) is 0 Å². The minimum absolute atomic E-state index is 0.0853. The molecular formula is C18H17Cl2N3O2. The number of hydrogen-bond acceptors (Lipinski definition) is 3. The van der Waals surface area contributed by atoms with E-state index in [9.17, 15) is 9.59 Å². The highest BCUT2D eigenvalue weighted by Gasteiger charge is 2.24. The summed E-state index contributed by atoms with van der Waals surface area (Å²) in [6.45, 7) is 2.49. The minimum Gasteiger partial charge on any atom is -0.396 e. The lowest BCUT2D eigenvalue weighted by Gasteiger charge is -2.16. The van der Waals surface area contributed by atoms with Crippen LogP contribution in [0.3, 0.4) is 0 Å². The normalized spacial score (nSPS) is 12.8. The summed E-state index contributed by atoms with van der Waals surface area (Å²) in [4.78, 5) is 26.2. The number of nitrogens with zero attached hydrogens (tertiary/aromatic N) is 1. The topological polar surface area (TPSA) is 75.4 Å². The van der Waals surface area contributed by atoms with Gasteiger partial charge in [0.25, 0.3) is 5.91 Å². The van der Waals surface area contributed by atoms with Crippen molar-refractivity contribution in [1.82, 2.24) is 0 Å². The maximum atomic E-state index is 12.5. The third kappa shape index (κ3) is 3.43. The number of carbonyl (C=O) groups excluding carboxylic acids is 2. The number of halogens is 2. The summed E-state index contributed by atoms with van der Waals surface area (Å²) in [5.74, 6) is -0.193. The Morgan fingerprint density at radius 1 is 1.20 bits per heavy atom. The SMILES string of the molecule is CCC(=O)N1CCc2cc(C(=O)Nc3cc(Cl)c(N)c(Cl)c3)ccc21. The Morgan fingerprint density at radius 2 is 1.88 bits per heavy atom. The second-order valence-corrected chi connectivity index (χ2v) is 6.61.